The van der Waals surface area contributed by atoms with Crippen LogP contribution in [0, 0.1) is 19.8 Å². The Morgan fingerprint density at radius 1 is 1.53 bits per heavy atom. The number of carbonyl (C=O) groups excluding carboxylic acids is 1. The summed E-state index contributed by atoms with van der Waals surface area (Å²) in [5, 5.41) is 6.76. The number of aromatic nitrogens is 1. The molecule has 1 aromatic heterocycles. The molecular weight excluding hydrogens is 192 g/mol. The maximum atomic E-state index is 11.9. The van der Waals surface area contributed by atoms with Crippen LogP contribution in [0.2, 0.25) is 0 Å². The normalized spacial score (nSPS) is 17.5. The maximum Gasteiger partial charge on any atom is 0.257 e. The molecule has 1 saturated carbocycles. The Hall–Kier alpha value is -1.32. The van der Waals surface area contributed by atoms with Crippen molar-refractivity contribution in [1.29, 1.82) is 0 Å². The summed E-state index contributed by atoms with van der Waals surface area (Å²) in [6.45, 7) is 5.59. The van der Waals surface area contributed by atoms with Crippen molar-refractivity contribution in [3.8, 4) is 0 Å². The number of hydrogen-bond donors (Lipinski definition) is 1. The number of nitrogens with one attached hydrogen (secondary N) is 1. The van der Waals surface area contributed by atoms with Crippen LogP contribution in [-0.4, -0.2) is 17.1 Å². The molecule has 1 heterocycles. The molecule has 4 nitrogen and oxygen atoms in total. The molecule has 0 radical (unpaired) electrons. The maximum absolute atomic E-state index is 11.9. The second-order valence-corrected chi connectivity index (χ2v) is 4.30. The number of carbonyl (C=O) groups is 1. The monoisotopic (exact) mass is 208 g/mol. The minimum Gasteiger partial charge on any atom is -0.361 e. The van der Waals surface area contributed by atoms with Gasteiger partial charge in [-0.15, -0.1) is 0 Å². The van der Waals surface area contributed by atoms with Crippen LogP contribution in [0.15, 0.2) is 4.52 Å². The average molecular weight is 208 g/mol. The fraction of sp³-hybridized carbons (Fsp3) is 0.636. The van der Waals surface area contributed by atoms with Crippen molar-refractivity contribution in [1.82, 2.24) is 10.5 Å². The molecule has 0 aliphatic heterocycles. The van der Waals surface area contributed by atoms with E-state index in [9.17, 15) is 4.79 Å². The van der Waals surface area contributed by atoms with Crippen LogP contribution in [0.5, 0.6) is 0 Å². The predicted octanol–water partition coefficient (Wildman–Crippen LogP) is 1.82. The standard InChI is InChI=1S/C11H16N2O2/c1-6(9-4-5-9)12-11(14)10-7(2)13-15-8(10)3/h6,9H,4-5H2,1-3H3,(H,12,14). The topological polar surface area (TPSA) is 55.1 Å². The molecule has 0 saturated heterocycles. The van der Waals surface area contributed by atoms with E-state index in [0.717, 1.165) is 0 Å². The fourth-order valence-corrected chi connectivity index (χ4v) is 1.80. The van der Waals surface area contributed by atoms with Crippen molar-refractivity contribution in [2.45, 2.75) is 39.7 Å². The van der Waals surface area contributed by atoms with E-state index in [0.29, 0.717) is 22.9 Å². The van der Waals surface area contributed by atoms with E-state index < -0.39 is 0 Å². The van der Waals surface area contributed by atoms with Gasteiger partial charge < -0.3 is 9.84 Å². The quantitative estimate of drug-likeness (QED) is 0.824. The van der Waals surface area contributed by atoms with Gasteiger partial charge in [-0.05, 0) is 39.5 Å². The summed E-state index contributed by atoms with van der Waals surface area (Å²) in [5.41, 5.74) is 1.25. The third-order valence-corrected chi connectivity index (χ3v) is 2.95. The lowest BCUT2D eigenvalue weighted by Crippen LogP contribution is -2.34. The smallest absolute Gasteiger partial charge is 0.257 e. The Balaban J connectivity index is 2.06. The molecule has 4 heteroatoms. The first kappa shape index (κ1) is 10.2. The Labute approximate surface area is 89.0 Å². The first-order valence-electron chi connectivity index (χ1n) is 5.33. The largest absolute Gasteiger partial charge is 0.361 e. The molecule has 1 N–H and O–H groups in total. The average Bonchev–Trinajstić information content (AvgIpc) is 2.94. The Bertz CT molecular complexity index is 360. The predicted molar refractivity (Wildman–Crippen MR) is 55.6 cm³/mol. The van der Waals surface area contributed by atoms with Gasteiger partial charge in [0.2, 0.25) is 0 Å². The molecular formula is C11H16N2O2. The van der Waals surface area contributed by atoms with Crippen molar-refractivity contribution in [2.24, 2.45) is 5.92 Å². The van der Waals surface area contributed by atoms with Crippen LogP contribution in [0.1, 0.15) is 41.6 Å². The van der Waals surface area contributed by atoms with E-state index in [1.165, 1.54) is 12.8 Å². The van der Waals surface area contributed by atoms with Gasteiger partial charge in [0, 0.05) is 6.04 Å². The van der Waals surface area contributed by atoms with Crippen molar-refractivity contribution >= 4 is 5.91 Å². The van der Waals surface area contributed by atoms with Crippen molar-refractivity contribution in [3.63, 3.8) is 0 Å². The summed E-state index contributed by atoms with van der Waals surface area (Å²) in [7, 11) is 0. The lowest BCUT2D eigenvalue weighted by molar-refractivity contribution is 0.0934. The Morgan fingerprint density at radius 3 is 2.67 bits per heavy atom. The SMILES string of the molecule is Cc1noc(C)c1C(=O)NC(C)C1CC1. The third-order valence-electron chi connectivity index (χ3n) is 2.95. The van der Waals surface area contributed by atoms with Gasteiger partial charge in [-0.25, -0.2) is 0 Å². The zero-order valence-corrected chi connectivity index (χ0v) is 9.33. The minimum atomic E-state index is -0.0642. The highest BCUT2D eigenvalue weighted by Crippen LogP contribution is 2.32. The number of nitrogens with zero attached hydrogens (tertiary/aromatic N) is 1. The first-order valence-corrected chi connectivity index (χ1v) is 5.33. The van der Waals surface area contributed by atoms with E-state index in [4.69, 9.17) is 4.52 Å². The van der Waals surface area contributed by atoms with Gasteiger partial charge in [-0.2, -0.15) is 0 Å². The van der Waals surface area contributed by atoms with Gasteiger partial charge in [-0.1, -0.05) is 5.16 Å². The lowest BCUT2D eigenvalue weighted by Gasteiger charge is -2.12. The van der Waals surface area contributed by atoms with Gasteiger partial charge in [0.25, 0.3) is 5.91 Å². The molecule has 15 heavy (non-hydrogen) atoms. The molecule has 82 valence electrons. The van der Waals surface area contributed by atoms with E-state index in [-0.39, 0.29) is 11.9 Å². The van der Waals surface area contributed by atoms with E-state index in [1.807, 2.05) is 6.92 Å². The van der Waals surface area contributed by atoms with Gasteiger partial charge in [0.1, 0.15) is 11.3 Å². The van der Waals surface area contributed by atoms with Crippen molar-refractivity contribution in [2.75, 3.05) is 0 Å². The molecule has 1 aromatic rings. The zero-order chi connectivity index (χ0) is 11.0. The highest BCUT2D eigenvalue weighted by molar-refractivity contribution is 5.96. The van der Waals surface area contributed by atoms with Crippen LogP contribution in [0.4, 0.5) is 0 Å². The summed E-state index contributed by atoms with van der Waals surface area (Å²) >= 11 is 0. The summed E-state index contributed by atoms with van der Waals surface area (Å²) in [6, 6.07) is 0.256. The Kier molecular flexibility index (Phi) is 2.50. The molecule has 1 amide bonds. The van der Waals surface area contributed by atoms with E-state index in [2.05, 4.69) is 10.5 Å². The van der Waals surface area contributed by atoms with Crippen LogP contribution in [-0.2, 0) is 0 Å². The molecule has 1 aliphatic rings. The second kappa shape index (κ2) is 3.68. The Morgan fingerprint density at radius 2 is 2.20 bits per heavy atom. The summed E-state index contributed by atoms with van der Waals surface area (Å²) in [5.74, 6) is 1.19. The first-order chi connectivity index (χ1) is 7.09. The molecule has 1 unspecified atom stereocenters. The van der Waals surface area contributed by atoms with Gasteiger partial charge in [0.15, 0.2) is 0 Å². The molecule has 1 atom stereocenters. The van der Waals surface area contributed by atoms with Crippen LogP contribution >= 0.6 is 0 Å². The van der Waals surface area contributed by atoms with Crippen LogP contribution in [0.25, 0.3) is 0 Å². The number of hydrogen-bond acceptors (Lipinski definition) is 3. The molecule has 0 bridgehead atoms. The third kappa shape index (κ3) is 2.03. The molecule has 0 spiro atoms. The zero-order valence-electron chi connectivity index (χ0n) is 9.33. The lowest BCUT2D eigenvalue weighted by atomic mass is 10.1. The molecule has 0 aromatic carbocycles. The summed E-state index contributed by atoms with van der Waals surface area (Å²) < 4.78 is 4.96. The van der Waals surface area contributed by atoms with Gasteiger partial charge in [-0.3, -0.25) is 4.79 Å². The number of rotatable bonds is 3. The number of aryl methyl sites for hydroxylation is 2. The minimum absolute atomic E-state index is 0.0642. The van der Waals surface area contributed by atoms with Crippen molar-refractivity contribution in [3.05, 3.63) is 17.0 Å². The second-order valence-electron chi connectivity index (χ2n) is 4.30. The van der Waals surface area contributed by atoms with E-state index in [1.54, 1.807) is 13.8 Å². The van der Waals surface area contributed by atoms with Gasteiger partial charge >= 0.3 is 0 Å². The van der Waals surface area contributed by atoms with Crippen LogP contribution in [0.3, 0.4) is 0 Å². The fourth-order valence-electron chi connectivity index (χ4n) is 1.80. The van der Waals surface area contributed by atoms with Crippen LogP contribution < -0.4 is 5.32 Å². The molecule has 1 aliphatic carbocycles. The highest BCUT2D eigenvalue weighted by Gasteiger charge is 2.30. The summed E-state index contributed by atoms with van der Waals surface area (Å²) in [6.07, 6.45) is 2.45. The number of amides is 1. The van der Waals surface area contributed by atoms with Gasteiger partial charge in [0.05, 0.1) is 5.69 Å². The summed E-state index contributed by atoms with van der Waals surface area (Å²) in [4.78, 5) is 11.9. The van der Waals surface area contributed by atoms with E-state index >= 15 is 0 Å². The van der Waals surface area contributed by atoms with Crippen molar-refractivity contribution < 1.29 is 9.32 Å². The molecule has 1 fully saturated rings. The highest BCUT2D eigenvalue weighted by atomic mass is 16.5. The molecule has 2 rings (SSSR count).